The number of aryl methyl sites for hydroxylation is 3. The van der Waals surface area contributed by atoms with Gasteiger partial charge in [-0.2, -0.15) is 0 Å². The summed E-state index contributed by atoms with van der Waals surface area (Å²) in [6.07, 6.45) is 6.15. The Hall–Kier alpha value is -2.22. The van der Waals surface area contributed by atoms with Crippen LogP contribution in [0.1, 0.15) is 35.3 Å². The molecule has 0 atom stereocenters. The van der Waals surface area contributed by atoms with Gasteiger partial charge in [0.1, 0.15) is 4.83 Å². The first-order valence-electron chi connectivity index (χ1n) is 11.1. The second kappa shape index (κ2) is 10.1. The van der Waals surface area contributed by atoms with Crippen molar-refractivity contribution in [2.45, 2.75) is 45.2 Å². The van der Waals surface area contributed by atoms with Crippen molar-refractivity contribution in [1.82, 2.24) is 19.4 Å². The number of hydrogen-bond donors (Lipinski definition) is 0. The molecule has 1 aromatic carbocycles. The molecule has 8 heteroatoms. The average Bonchev–Trinajstić information content (AvgIpc) is 3.15. The monoisotopic (exact) mass is 472 g/mol. The molecule has 3 aromatic rings. The van der Waals surface area contributed by atoms with Crippen LogP contribution in [-0.2, 0) is 30.7 Å². The van der Waals surface area contributed by atoms with Crippen LogP contribution < -0.4 is 5.56 Å². The highest BCUT2D eigenvalue weighted by atomic mass is 35.5. The Morgan fingerprint density at radius 3 is 2.81 bits per heavy atom. The number of thiophene rings is 1. The van der Waals surface area contributed by atoms with E-state index in [1.54, 1.807) is 22.2 Å². The first-order valence-corrected chi connectivity index (χ1v) is 12.3. The van der Waals surface area contributed by atoms with Gasteiger partial charge in [0.2, 0.25) is 5.91 Å². The number of halogens is 1. The standard InChI is InChI=1S/C24H29ClN4O2S/c1-27(2)12-13-28(15-17-6-5-7-18(25)14-17)21(30)10-11-29-16-26-23-22(24(29)31)19-8-3-4-9-20(19)32-23/h5-7,14,16H,3-4,8-13,15H2,1-2H3. The Morgan fingerprint density at radius 1 is 1.22 bits per heavy atom. The Balaban J connectivity index is 1.50. The van der Waals surface area contributed by atoms with Crippen molar-refractivity contribution in [1.29, 1.82) is 0 Å². The molecular weight excluding hydrogens is 444 g/mol. The molecule has 0 bridgehead atoms. The van der Waals surface area contributed by atoms with Crippen LogP contribution in [0.4, 0.5) is 0 Å². The second-order valence-electron chi connectivity index (χ2n) is 8.63. The third kappa shape index (κ3) is 5.22. The van der Waals surface area contributed by atoms with Crippen LogP contribution in [0.2, 0.25) is 5.02 Å². The number of nitrogens with zero attached hydrogens (tertiary/aromatic N) is 4. The van der Waals surface area contributed by atoms with Crippen molar-refractivity contribution >= 4 is 39.1 Å². The molecule has 32 heavy (non-hydrogen) atoms. The van der Waals surface area contributed by atoms with E-state index in [9.17, 15) is 9.59 Å². The third-order valence-corrected chi connectivity index (χ3v) is 7.38. The summed E-state index contributed by atoms with van der Waals surface area (Å²) in [6.45, 7) is 2.21. The van der Waals surface area contributed by atoms with E-state index in [1.807, 2.05) is 43.3 Å². The summed E-state index contributed by atoms with van der Waals surface area (Å²) in [5, 5.41) is 1.43. The van der Waals surface area contributed by atoms with Crippen molar-refractivity contribution in [3.63, 3.8) is 0 Å². The van der Waals surface area contributed by atoms with Gasteiger partial charge >= 0.3 is 0 Å². The van der Waals surface area contributed by atoms with E-state index in [-0.39, 0.29) is 17.9 Å². The van der Waals surface area contributed by atoms with Crippen molar-refractivity contribution in [3.8, 4) is 0 Å². The summed E-state index contributed by atoms with van der Waals surface area (Å²) in [7, 11) is 3.98. The summed E-state index contributed by atoms with van der Waals surface area (Å²) in [4.78, 5) is 36.9. The average molecular weight is 473 g/mol. The lowest BCUT2D eigenvalue weighted by molar-refractivity contribution is -0.132. The van der Waals surface area contributed by atoms with Crippen molar-refractivity contribution in [3.05, 3.63) is 62.0 Å². The minimum atomic E-state index is -0.0168. The molecule has 2 aromatic heterocycles. The maximum absolute atomic E-state index is 13.2. The predicted molar refractivity (Wildman–Crippen MR) is 131 cm³/mol. The first-order chi connectivity index (χ1) is 15.4. The highest BCUT2D eigenvalue weighted by Gasteiger charge is 2.21. The maximum atomic E-state index is 13.2. The SMILES string of the molecule is CN(C)CCN(Cc1cccc(Cl)c1)C(=O)CCn1cnc2sc3c(c2c1=O)CCCC3. The van der Waals surface area contributed by atoms with Crippen LogP contribution in [-0.4, -0.2) is 52.4 Å². The van der Waals surface area contributed by atoms with Gasteiger partial charge in [-0.1, -0.05) is 23.7 Å². The maximum Gasteiger partial charge on any atom is 0.262 e. The lowest BCUT2D eigenvalue weighted by atomic mass is 9.97. The number of benzene rings is 1. The Bertz CT molecular complexity index is 1170. The number of fused-ring (bicyclic) bond motifs is 3. The number of rotatable bonds is 8. The van der Waals surface area contributed by atoms with Gasteiger partial charge < -0.3 is 9.80 Å². The smallest absolute Gasteiger partial charge is 0.262 e. The minimum absolute atomic E-state index is 0.0168. The topological polar surface area (TPSA) is 58.4 Å². The summed E-state index contributed by atoms with van der Waals surface area (Å²) < 4.78 is 1.60. The van der Waals surface area contributed by atoms with Gasteiger partial charge in [-0.25, -0.2) is 4.98 Å². The molecule has 170 valence electrons. The zero-order chi connectivity index (χ0) is 22.7. The number of carbonyl (C=O) groups is 1. The van der Waals surface area contributed by atoms with E-state index in [2.05, 4.69) is 9.88 Å². The van der Waals surface area contributed by atoms with E-state index in [0.717, 1.165) is 41.6 Å². The molecule has 0 radical (unpaired) electrons. The molecule has 1 aliphatic carbocycles. The molecule has 6 nitrogen and oxygen atoms in total. The fraction of sp³-hybridized carbons (Fsp3) is 0.458. The van der Waals surface area contributed by atoms with Crippen molar-refractivity contribution in [2.24, 2.45) is 0 Å². The van der Waals surface area contributed by atoms with Crippen LogP contribution in [0.15, 0.2) is 35.4 Å². The highest BCUT2D eigenvalue weighted by Crippen LogP contribution is 2.33. The molecule has 2 heterocycles. The molecule has 0 N–H and O–H groups in total. The third-order valence-electron chi connectivity index (χ3n) is 5.94. The van der Waals surface area contributed by atoms with Crippen LogP contribution in [0, 0.1) is 0 Å². The van der Waals surface area contributed by atoms with Gasteiger partial charge in [-0.05, 0) is 63.0 Å². The molecule has 0 fully saturated rings. The van der Waals surface area contributed by atoms with Crippen LogP contribution in [0.3, 0.4) is 0 Å². The largest absolute Gasteiger partial charge is 0.337 e. The number of aromatic nitrogens is 2. The normalized spacial score (nSPS) is 13.5. The molecular formula is C24H29ClN4O2S. The summed E-state index contributed by atoms with van der Waals surface area (Å²) >= 11 is 7.78. The molecule has 0 aliphatic heterocycles. The molecule has 0 spiro atoms. The summed E-state index contributed by atoms with van der Waals surface area (Å²) in [5.74, 6) is 0.0196. The van der Waals surface area contributed by atoms with Gasteiger partial charge in [0.05, 0.1) is 11.7 Å². The van der Waals surface area contributed by atoms with Gasteiger partial charge in [0.15, 0.2) is 0 Å². The lowest BCUT2D eigenvalue weighted by Gasteiger charge is -2.25. The number of likely N-dealkylation sites (N-methyl/N-ethyl adjacent to an activating group) is 1. The van der Waals surface area contributed by atoms with E-state index in [4.69, 9.17) is 11.6 Å². The van der Waals surface area contributed by atoms with Crippen molar-refractivity contribution in [2.75, 3.05) is 27.2 Å². The predicted octanol–water partition coefficient (Wildman–Crippen LogP) is 3.97. The number of carbonyl (C=O) groups excluding carboxylic acids is 1. The van der Waals surface area contributed by atoms with Crippen LogP contribution >= 0.6 is 22.9 Å². The molecule has 4 rings (SSSR count). The van der Waals surface area contributed by atoms with E-state index >= 15 is 0 Å². The van der Waals surface area contributed by atoms with Crippen LogP contribution in [0.25, 0.3) is 10.2 Å². The number of amides is 1. The fourth-order valence-electron chi connectivity index (χ4n) is 4.18. The molecule has 0 saturated heterocycles. The van der Waals surface area contributed by atoms with Crippen LogP contribution in [0.5, 0.6) is 0 Å². The van der Waals surface area contributed by atoms with Gasteiger partial charge in [0, 0.05) is 42.5 Å². The Labute approximate surface area is 197 Å². The second-order valence-corrected chi connectivity index (χ2v) is 10.2. The van der Waals surface area contributed by atoms with E-state index < -0.39 is 0 Å². The quantitative estimate of drug-likeness (QED) is 0.497. The van der Waals surface area contributed by atoms with E-state index in [1.165, 1.54) is 16.9 Å². The molecule has 0 saturated carbocycles. The number of hydrogen-bond acceptors (Lipinski definition) is 5. The fourth-order valence-corrected chi connectivity index (χ4v) is 5.62. The summed E-state index contributed by atoms with van der Waals surface area (Å²) in [5.41, 5.74) is 2.16. The van der Waals surface area contributed by atoms with Gasteiger partial charge in [-0.3, -0.25) is 14.2 Å². The zero-order valence-corrected chi connectivity index (χ0v) is 20.2. The van der Waals surface area contributed by atoms with Crippen molar-refractivity contribution < 1.29 is 4.79 Å². The Morgan fingerprint density at radius 2 is 2.03 bits per heavy atom. The molecule has 0 unspecified atom stereocenters. The van der Waals surface area contributed by atoms with Gasteiger partial charge in [-0.15, -0.1) is 11.3 Å². The summed E-state index contributed by atoms with van der Waals surface area (Å²) in [6, 6.07) is 7.59. The Kier molecular flexibility index (Phi) is 7.28. The minimum Gasteiger partial charge on any atom is -0.337 e. The first kappa shape index (κ1) is 23.0. The van der Waals surface area contributed by atoms with Gasteiger partial charge in [0.25, 0.3) is 5.56 Å². The van der Waals surface area contributed by atoms with E-state index in [0.29, 0.717) is 24.7 Å². The highest BCUT2D eigenvalue weighted by molar-refractivity contribution is 7.18. The lowest BCUT2D eigenvalue weighted by Crippen LogP contribution is -2.37. The molecule has 1 amide bonds. The zero-order valence-electron chi connectivity index (χ0n) is 18.6. The molecule has 1 aliphatic rings.